The second kappa shape index (κ2) is 6.55. The Kier molecular flexibility index (Phi) is 5.36. The molecule has 7 heteroatoms. The maximum absolute atomic E-state index is 11.6. The highest BCUT2D eigenvalue weighted by molar-refractivity contribution is 5.83. The van der Waals surface area contributed by atoms with Crippen LogP contribution in [0.25, 0.3) is 0 Å². The summed E-state index contributed by atoms with van der Waals surface area (Å²) in [4.78, 5) is 22.4. The summed E-state index contributed by atoms with van der Waals surface area (Å²) in [6.45, 7) is 1.31. The van der Waals surface area contributed by atoms with E-state index in [9.17, 15) is 14.7 Å². The highest BCUT2D eigenvalue weighted by atomic mass is 16.4. The van der Waals surface area contributed by atoms with E-state index >= 15 is 0 Å². The van der Waals surface area contributed by atoms with Crippen LogP contribution in [0.1, 0.15) is 32.6 Å². The minimum atomic E-state index is -1.31. The molecule has 0 aromatic heterocycles. The van der Waals surface area contributed by atoms with Crippen LogP contribution in [0.2, 0.25) is 0 Å². The van der Waals surface area contributed by atoms with Gasteiger partial charge >= 0.3 is 12.0 Å². The average Bonchev–Trinajstić information content (AvgIpc) is 2.28. The Bertz CT molecular complexity index is 309. The first kappa shape index (κ1) is 14.7. The number of rotatable bonds is 4. The molecule has 0 aliphatic heterocycles. The number of aliphatic carboxylic acids is 1. The molecule has 6 N–H and O–H groups in total. The highest BCUT2D eigenvalue weighted by Gasteiger charge is 2.28. The lowest BCUT2D eigenvalue weighted by molar-refractivity contribution is -0.141. The summed E-state index contributed by atoms with van der Waals surface area (Å²) in [5.74, 6) is -1.27. The van der Waals surface area contributed by atoms with Crippen molar-refractivity contribution in [3.05, 3.63) is 0 Å². The molecule has 0 aromatic carbocycles. The van der Waals surface area contributed by atoms with E-state index in [2.05, 4.69) is 10.6 Å². The van der Waals surface area contributed by atoms with Crippen molar-refractivity contribution in [1.82, 2.24) is 10.6 Å². The molecular formula is C11H21N3O4. The van der Waals surface area contributed by atoms with Gasteiger partial charge < -0.3 is 26.6 Å². The summed E-state index contributed by atoms with van der Waals surface area (Å²) >= 11 is 0. The zero-order valence-electron chi connectivity index (χ0n) is 10.4. The number of hydrogen-bond acceptors (Lipinski definition) is 4. The number of aliphatic hydroxyl groups is 1. The van der Waals surface area contributed by atoms with Gasteiger partial charge in [-0.25, -0.2) is 9.59 Å². The summed E-state index contributed by atoms with van der Waals surface area (Å²) < 4.78 is 0. The number of carboxylic acid groups (broad SMARTS) is 1. The largest absolute Gasteiger partial charge is 0.480 e. The van der Waals surface area contributed by atoms with Crippen LogP contribution in [0.4, 0.5) is 4.79 Å². The van der Waals surface area contributed by atoms with E-state index in [1.165, 1.54) is 6.92 Å². The zero-order chi connectivity index (χ0) is 13.7. The van der Waals surface area contributed by atoms with Crippen molar-refractivity contribution in [3.63, 3.8) is 0 Å². The van der Waals surface area contributed by atoms with Gasteiger partial charge in [0.15, 0.2) is 6.04 Å². The van der Waals surface area contributed by atoms with Gasteiger partial charge in [0.05, 0.1) is 6.10 Å². The molecule has 0 spiro atoms. The van der Waals surface area contributed by atoms with E-state index in [0.29, 0.717) is 0 Å². The summed E-state index contributed by atoms with van der Waals surface area (Å²) in [6.07, 6.45) is 2.53. The van der Waals surface area contributed by atoms with Gasteiger partial charge in [0.25, 0.3) is 0 Å². The first-order valence-corrected chi connectivity index (χ1v) is 6.15. The van der Waals surface area contributed by atoms with Crippen molar-refractivity contribution in [1.29, 1.82) is 0 Å². The molecule has 7 nitrogen and oxygen atoms in total. The molecule has 0 bridgehead atoms. The first-order chi connectivity index (χ1) is 8.41. The van der Waals surface area contributed by atoms with E-state index in [0.717, 1.165) is 25.7 Å². The van der Waals surface area contributed by atoms with E-state index in [1.807, 2.05) is 0 Å². The van der Waals surface area contributed by atoms with E-state index < -0.39 is 24.1 Å². The van der Waals surface area contributed by atoms with E-state index in [-0.39, 0.29) is 12.1 Å². The maximum Gasteiger partial charge on any atom is 0.328 e. The molecule has 1 rings (SSSR count). The third kappa shape index (κ3) is 4.15. The Balaban J connectivity index is 2.47. The highest BCUT2D eigenvalue weighted by Crippen LogP contribution is 2.16. The van der Waals surface area contributed by atoms with Crippen LogP contribution in [0.3, 0.4) is 0 Å². The Hall–Kier alpha value is -1.34. The van der Waals surface area contributed by atoms with Crippen LogP contribution in [-0.4, -0.2) is 46.4 Å². The average molecular weight is 259 g/mol. The lowest BCUT2D eigenvalue weighted by Gasteiger charge is -2.30. The molecule has 0 heterocycles. The SMILES string of the molecule is C[C@@H](O)[C@H](NC(=O)NC1CCCCC1N)C(=O)O. The van der Waals surface area contributed by atoms with Crippen molar-refractivity contribution < 1.29 is 19.8 Å². The fraction of sp³-hybridized carbons (Fsp3) is 0.818. The summed E-state index contributed by atoms with van der Waals surface area (Å²) in [5, 5.41) is 23.0. The van der Waals surface area contributed by atoms with Crippen molar-refractivity contribution in [2.75, 3.05) is 0 Å². The molecule has 2 unspecified atom stereocenters. The third-order valence-corrected chi connectivity index (χ3v) is 3.17. The van der Waals surface area contributed by atoms with Crippen LogP contribution in [0.15, 0.2) is 0 Å². The smallest absolute Gasteiger partial charge is 0.328 e. The number of carbonyl (C=O) groups is 2. The van der Waals surface area contributed by atoms with E-state index in [4.69, 9.17) is 10.8 Å². The standard InChI is InChI=1S/C11H21N3O4/c1-6(15)9(10(16)17)14-11(18)13-8-5-3-2-4-7(8)12/h6-9,15H,2-5,12H2,1H3,(H,16,17)(H2,13,14,18)/t6-,7?,8?,9+/m1/s1. The molecule has 0 saturated heterocycles. The second-order valence-corrected chi connectivity index (χ2v) is 4.73. The predicted molar refractivity (Wildman–Crippen MR) is 65.0 cm³/mol. The van der Waals surface area contributed by atoms with Gasteiger partial charge in [0.2, 0.25) is 0 Å². The Labute approximate surface area is 106 Å². The number of carbonyl (C=O) groups excluding carboxylic acids is 1. The number of nitrogens with one attached hydrogen (secondary N) is 2. The molecule has 0 radical (unpaired) electrons. The molecule has 4 atom stereocenters. The monoisotopic (exact) mass is 259 g/mol. The normalized spacial score (nSPS) is 27.1. The van der Waals surface area contributed by atoms with Gasteiger partial charge in [-0.3, -0.25) is 0 Å². The molecule has 1 saturated carbocycles. The number of hydrogen-bond donors (Lipinski definition) is 5. The lowest BCUT2D eigenvalue weighted by atomic mass is 9.91. The number of carboxylic acids is 1. The van der Waals surface area contributed by atoms with Crippen LogP contribution < -0.4 is 16.4 Å². The van der Waals surface area contributed by atoms with Crippen LogP contribution in [-0.2, 0) is 4.79 Å². The topological polar surface area (TPSA) is 125 Å². The maximum atomic E-state index is 11.6. The fourth-order valence-corrected chi connectivity index (χ4v) is 2.08. The molecule has 104 valence electrons. The molecule has 1 fully saturated rings. The van der Waals surface area contributed by atoms with Gasteiger partial charge in [0.1, 0.15) is 0 Å². The molecule has 18 heavy (non-hydrogen) atoms. The Morgan fingerprint density at radius 1 is 1.33 bits per heavy atom. The van der Waals surface area contributed by atoms with Gasteiger partial charge in [-0.15, -0.1) is 0 Å². The molecule has 1 aliphatic carbocycles. The molecule has 1 aliphatic rings. The first-order valence-electron chi connectivity index (χ1n) is 6.15. The van der Waals surface area contributed by atoms with Crippen LogP contribution in [0.5, 0.6) is 0 Å². The van der Waals surface area contributed by atoms with Gasteiger partial charge in [-0.1, -0.05) is 12.8 Å². The van der Waals surface area contributed by atoms with Crippen molar-refractivity contribution in [2.24, 2.45) is 5.73 Å². The molecule has 0 aromatic rings. The van der Waals surface area contributed by atoms with Crippen LogP contribution in [0, 0.1) is 0 Å². The predicted octanol–water partition coefficient (Wildman–Crippen LogP) is -0.610. The number of amides is 2. The summed E-state index contributed by atoms with van der Waals surface area (Å²) in [6, 6.07) is -2.16. The Morgan fingerprint density at radius 3 is 2.44 bits per heavy atom. The van der Waals surface area contributed by atoms with Crippen molar-refractivity contribution in [2.45, 2.75) is 56.8 Å². The minimum Gasteiger partial charge on any atom is -0.480 e. The van der Waals surface area contributed by atoms with Gasteiger partial charge in [-0.2, -0.15) is 0 Å². The molecule has 2 amide bonds. The Morgan fingerprint density at radius 2 is 1.94 bits per heavy atom. The second-order valence-electron chi connectivity index (χ2n) is 4.73. The number of urea groups is 1. The van der Waals surface area contributed by atoms with Gasteiger partial charge in [0, 0.05) is 12.1 Å². The fourth-order valence-electron chi connectivity index (χ4n) is 2.08. The van der Waals surface area contributed by atoms with Crippen LogP contribution >= 0.6 is 0 Å². The van der Waals surface area contributed by atoms with E-state index in [1.54, 1.807) is 0 Å². The minimum absolute atomic E-state index is 0.0978. The van der Waals surface area contributed by atoms with Crippen molar-refractivity contribution in [3.8, 4) is 0 Å². The van der Waals surface area contributed by atoms with Gasteiger partial charge in [-0.05, 0) is 19.8 Å². The summed E-state index contributed by atoms with van der Waals surface area (Å²) in [7, 11) is 0. The number of nitrogens with two attached hydrogens (primary N) is 1. The zero-order valence-corrected chi connectivity index (χ0v) is 10.4. The third-order valence-electron chi connectivity index (χ3n) is 3.17. The summed E-state index contributed by atoms with van der Waals surface area (Å²) in [5.41, 5.74) is 5.87. The van der Waals surface area contributed by atoms with Crippen molar-refractivity contribution >= 4 is 12.0 Å². The number of aliphatic hydroxyl groups excluding tert-OH is 1. The lowest BCUT2D eigenvalue weighted by Crippen LogP contribution is -2.56. The quantitative estimate of drug-likeness (QED) is 0.460. The molecular weight excluding hydrogens is 238 g/mol.